The molecule has 2 aliphatic heterocycles. The van der Waals surface area contributed by atoms with E-state index in [2.05, 4.69) is 16.0 Å². The molecule has 8 heteroatoms. The third-order valence-corrected chi connectivity index (χ3v) is 7.67. The molecule has 1 saturated heterocycles. The van der Waals surface area contributed by atoms with Gasteiger partial charge in [-0.3, -0.25) is 4.89 Å². The van der Waals surface area contributed by atoms with Crippen molar-refractivity contribution >= 4 is 29.2 Å². The minimum absolute atomic E-state index is 0.286. The number of nitrogens with zero attached hydrogens (tertiary/aromatic N) is 2. The Bertz CT molecular complexity index is 1390. The number of ether oxygens (including phenoxy) is 1. The van der Waals surface area contributed by atoms with Gasteiger partial charge in [0.1, 0.15) is 5.75 Å². The van der Waals surface area contributed by atoms with Crippen molar-refractivity contribution in [1.29, 1.82) is 0 Å². The van der Waals surface area contributed by atoms with Crippen molar-refractivity contribution in [1.82, 2.24) is 9.88 Å². The lowest BCUT2D eigenvalue weighted by molar-refractivity contribution is -0.264. The molecule has 1 aromatic heterocycles. The van der Waals surface area contributed by atoms with Crippen LogP contribution in [-0.4, -0.2) is 47.2 Å². The van der Waals surface area contributed by atoms with Gasteiger partial charge >= 0.3 is 5.97 Å². The average molecular weight is 561 g/mol. The molecule has 7 nitrogen and oxygen atoms in total. The summed E-state index contributed by atoms with van der Waals surface area (Å²) in [6.45, 7) is 4.55. The van der Waals surface area contributed by atoms with E-state index in [0.717, 1.165) is 53.9 Å². The Morgan fingerprint density at radius 3 is 2.73 bits per heavy atom. The van der Waals surface area contributed by atoms with Gasteiger partial charge in [0.25, 0.3) is 0 Å². The first-order valence-electron chi connectivity index (χ1n) is 13.6. The van der Waals surface area contributed by atoms with E-state index in [-0.39, 0.29) is 6.61 Å². The Morgan fingerprint density at radius 1 is 1.15 bits per heavy atom. The smallest absolute Gasteiger partial charge is 0.365 e. The second-order valence-corrected chi connectivity index (χ2v) is 10.4. The van der Waals surface area contributed by atoms with E-state index in [1.54, 1.807) is 19.2 Å². The van der Waals surface area contributed by atoms with Gasteiger partial charge in [0.15, 0.2) is 0 Å². The Hall–Kier alpha value is -3.49. The third kappa shape index (κ3) is 6.62. The number of likely N-dealkylation sites (tertiary alicyclic amines) is 1. The SMILES string of the molecule is CCOOC(=O)C=Cc1cccc2c1CC(=CCCN1CCC(O)(c3ccc(Cl)cc3)CC1)c1cccnc1O2. The minimum Gasteiger partial charge on any atom is -0.438 e. The number of halogens is 1. The van der Waals surface area contributed by atoms with Crippen LogP contribution in [0.5, 0.6) is 11.6 Å². The maximum Gasteiger partial charge on any atom is 0.365 e. The van der Waals surface area contributed by atoms with Crippen LogP contribution >= 0.6 is 11.6 Å². The summed E-state index contributed by atoms with van der Waals surface area (Å²) in [5.41, 5.74) is 4.02. The summed E-state index contributed by atoms with van der Waals surface area (Å²) in [4.78, 5) is 28.3. The van der Waals surface area contributed by atoms with Crippen molar-refractivity contribution in [2.75, 3.05) is 26.2 Å². The zero-order valence-corrected chi connectivity index (χ0v) is 23.3. The Morgan fingerprint density at radius 2 is 1.95 bits per heavy atom. The van der Waals surface area contributed by atoms with Crippen LogP contribution in [0, 0.1) is 0 Å². The topological polar surface area (TPSA) is 81.1 Å². The number of hydrogen-bond donors (Lipinski definition) is 1. The summed E-state index contributed by atoms with van der Waals surface area (Å²) in [6.07, 6.45) is 9.89. The van der Waals surface area contributed by atoms with Gasteiger partial charge in [-0.1, -0.05) is 41.9 Å². The number of fused-ring (bicyclic) bond motifs is 2. The number of carbonyl (C=O) groups is 1. The number of carbonyl (C=O) groups excluding carboxylic acids is 1. The molecular formula is C32H33ClN2O5. The van der Waals surface area contributed by atoms with Crippen LogP contribution in [0.2, 0.25) is 5.02 Å². The molecular weight excluding hydrogens is 528 g/mol. The maximum absolute atomic E-state index is 12.0. The van der Waals surface area contributed by atoms with Gasteiger partial charge in [0, 0.05) is 54.5 Å². The van der Waals surface area contributed by atoms with E-state index < -0.39 is 11.6 Å². The van der Waals surface area contributed by atoms with Crippen molar-refractivity contribution < 1.29 is 24.4 Å². The largest absolute Gasteiger partial charge is 0.438 e. The quantitative estimate of drug-likeness (QED) is 0.195. The average Bonchev–Trinajstić information content (AvgIpc) is 3.13. The first-order chi connectivity index (χ1) is 19.4. The van der Waals surface area contributed by atoms with E-state index in [1.165, 1.54) is 6.08 Å². The molecule has 1 N–H and O–H groups in total. The zero-order valence-electron chi connectivity index (χ0n) is 22.5. The van der Waals surface area contributed by atoms with E-state index in [0.29, 0.717) is 35.9 Å². The lowest BCUT2D eigenvalue weighted by Crippen LogP contribution is -2.42. The lowest BCUT2D eigenvalue weighted by atomic mass is 9.84. The van der Waals surface area contributed by atoms with E-state index in [4.69, 9.17) is 26.1 Å². The zero-order chi connectivity index (χ0) is 28.0. The second kappa shape index (κ2) is 12.8. The van der Waals surface area contributed by atoms with Crippen molar-refractivity contribution in [2.24, 2.45) is 0 Å². The van der Waals surface area contributed by atoms with Crippen LogP contribution < -0.4 is 4.74 Å². The Kier molecular flexibility index (Phi) is 8.97. The molecule has 5 rings (SSSR count). The minimum atomic E-state index is -0.814. The van der Waals surface area contributed by atoms with Crippen LogP contribution in [0.4, 0.5) is 0 Å². The van der Waals surface area contributed by atoms with Crippen LogP contribution in [0.3, 0.4) is 0 Å². The summed E-state index contributed by atoms with van der Waals surface area (Å²) < 4.78 is 6.24. The number of pyridine rings is 1. The van der Waals surface area contributed by atoms with Gasteiger partial charge in [-0.25, -0.2) is 9.78 Å². The fourth-order valence-electron chi connectivity index (χ4n) is 5.23. The fraction of sp³-hybridized carbons (Fsp3) is 0.312. The predicted octanol–water partition coefficient (Wildman–Crippen LogP) is 6.35. The lowest BCUT2D eigenvalue weighted by Gasteiger charge is -2.38. The second-order valence-electron chi connectivity index (χ2n) is 10.00. The van der Waals surface area contributed by atoms with Crippen molar-refractivity contribution in [2.45, 2.75) is 38.2 Å². The van der Waals surface area contributed by atoms with Gasteiger partial charge in [-0.05, 0) is 79.3 Å². The Labute approximate surface area is 239 Å². The molecule has 0 amide bonds. The molecule has 0 spiro atoms. The van der Waals surface area contributed by atoms with Crippen molar-refractivity contribution in [3.8, 4) is 11.6 Å². The van der Waals surface area contributed by atoms with Crippen LogP contribution in [0.15, 0.2) is 72.9 Å². The summed E-state index contributed by atoms with van der Waals surface area (Å²) in [7, 11) is 0. The standard InChI is InChI=1S/C32H33ClN2O5/c1-2-38-40-30(36)15-10-23-6-3-9-29-28(23)22-24(27-8-4-18-34-31(27)39-29)7-5-19-35-20-16-32(37,17-21-35)25-11-13-26(33)14-12-25/h3-4,6-15,18,37H,2,5,16-17,19-22H2,1H3. The van der Waals surface area contributed by atoms with E-state index in [1.807, 2.05) is 54.6 Å². The number of rotatable bonds is 8. The predicted molar refractivity (Wildman–Crippen MR) is 155 cm³/mol. The summed E-state index contributed by atoms with van der Waals surface area (Å²) in [5.74, 6) is 0.704. The number of benzene rings is 2. The van der Waals surface area contributed by atoms with Crippen LogP contribution in [0.25, 0.3) is 11.6 Å². The molecule has 0 unspecified atom stereocenters. The molecule has 0 saturated carbocycles. The highest BCUT2D eigenvalue weighted by Crippen LogP contribution is 2.40. The van der Waals surface area contributed by atoms with Gasteiger partial charge < -0.3 is 14.7 Å². The first-order valence-corrected chi connectivity index (χ1v) is 14.0. The van der Waals surface area contributed by atoms with Gasteiger partial charge in [0.2, 0.25) is 5.88 Å². The first kappa shape index (κ1) is 28.1. The molecule has 1 fully saturated rings. The number of piperidine rings is 1. The molecule has 0 atom stereocenters. The van der Waals surface area contributed by atoms with Crippen molar-refractivity contribution in [3.63, 3.8) is 0 Å². The monoisotopic (exact) mass is 560 g/mol. The number of hydrogen-bond acceptors (Lipinski definition) is 7. The number of aliphatic hydroxyl groups is 1. The van der Waals surface area contributed by atoms with Gasteiger partial charge in [0.05, 0.1) is 12.2 Å². The highest BCUT2D eigenvalue weighted by atomic mass is 35.5. The van der Waals surface area contributed by atoms with Crippen molar-refractivity contribution in [3.05, 3.63) is 100 Å². The highest BCUT2D eigenvalue weighted by Gasteiger charge is 2.33. The van der Waals surface area contributed by atoms with E-state index >= 15 is 0 Å². The number of allylic oxidation sites excluding steroid dienone is 1. The van der Waals surface area contributed by atoms with E-state index in [9.17, 15) is 9.90 Å². The fourth-order valence-corrected chi connectivity index (χ4v) is 5.36. The van der Waals surface area contributed by atoms with Gasteiger partial charge in [-0.15, -0.1) is 0 Å². The summed E-state index contributed by atoms with van der Waals surface area (Å²) in [6, 6.07) is 17.2. The summed E-state index contributed by atoms with van der Waals surface area (Å²) >= 11 is 6.03. The number of aromatic nitrogens is 1. The van der Waals surface area contributed by atoms with Gasteiger partial charge in [-0.2, -0.15) is 4.89 Å². The molecule has 3 heterocycles. The normalized spacial score (nSPS) is 17.6. The molecule has 2 aromatic carbocycles. The molecule has 208 valence electrons. The molecule has 0 radical (unpaired) electrons. The third-order valence-electron chi connectivity index (χ3n) is 7.42. The van der Waals surface area contributed by atoms with Crippen LogP contribution in [0.1, 0.15) is 48.4 Å². The molecule has 40 heavy (non-hydrogen) atoms. The molecule has 0 aliphatic carbocycles. The molecule has 0 bridgehead atoms. The maximum atomic E-state index is 12.0. The Balaban J connectivity index is 1.29. The summed E-state index contributed by atoms with van der Waals surface area (Å²) in [5, 5.41) is 11.9. The van der Waals surface area contributed by atoms with Crippen LogP contribution in [-0.2, 0) is 26.6 Å². The molecule has 2 aliphatic rings. The highest BCUT2D eigenvalue weighted by molar-refractivity contribution is 6.30. The molecule has 3 aromatic rings.